The first-order valence-corrected chi connectivity index (χ1v) is 7.79. The lowest BCUT2D eigenvalue weighted by Crippen LogP contribution is -2.39. The van der Waals surface area contributed by atoms with E-state index in [4.69, 9.17) is 0 Å². The second-order valence-electron chi connectivity index (χ2n) is 6.04. The normalized spacial score (nSPS) is 18.0. The van der Waals surface area contributed by atoms with Crippen LogP contribution in [0.2, 0.25) is 0 Å². The number of likely N-dealkylation sites (tertiary alicyclic amines) is 1. The van der Waals surface area contributed by atoms with E-state index in [9.17, 15) is 9.59 Å². The van der Waals surface area contributed by atoms with E-state index >= 15 is 0 Å². The highest BCUT2D eigenvalue weighted by Crippen LogP contribution is 2.26. The molecule has 1 amide bonds. The van der Waals surface area contributed by atoms with Gasteiger partial charge in [-0.1, -0.05) is 0 Å². The molecule has 120 valence electrons. The van der Waals surface area contributed by atoms with E-state index in [2.05, 4.69) is 9.97 Å². The summed E-state index contributed by atoms with van der Waals surface area (Å²) in [4.78, 5) is 34.7. The van der Waals surface area contributed by atoms with Crippen molar-refractivity contribution in [1.82, 2.24) is 19.4 Å². The Labute approximate surface area is 134 Å². The van der Waals surface area contributed by atoms with Crippen LogP contribution in [0.1, 0.15) is 40.5 Å². The van der Waals surface area contributed by atoms with Crippen molar-refractivity contribution < 1.29 is 4.79 Å². The smallest absolute Gasteiger partial charge is 0.255 e. The first-order chi connectivity index (χ1) is 11.0. The lowest BCUT2D eigenvalue weighted by molar-refractivity contribution is 0.0705. The molecule has 1 aliphatic rings. The SMILES string of the molecule is Cc1cncc(C2CCCN(C(=O)c3ccc(=O)n(C)c3)C2)n1. The van der Waals surface area contributed by atoms with Crippen LogP contribution in [0.3, 0.4) is 0 Å². The van der Waals surface area contributed by atoms with Crippen LogP contribution in [0.15, 0.2) is 35.5 Å². The van der Waals surface area contributed by atoms with Crippen molar-refractivity contribution in [3.8, 4) is 0 Å². The van der Waals surface area contributed by atoms with E-state index in [1.165, 1.54) is 10.6 Å². The van der Waals surface area contributed by atoms with E-state index in [1.807, 2.05) is 11.8 Å². The summed E-state index contributed by atoms with van der Waals surface area (Å²) >= 11 is 0. The molecule has 0 saturated carbocycles. The van der Waals surface area contributed by atoms with Crippen molar-refractivity contribution >= 4 is 5.91 Å². The zero-order valence-corrected chi connectivity index (χ0v) is 13.4. The molecular weight excluding hydrogens is 292 g/mol. The van der Waals surface area contributed by atoms with Crippen LogP contribution in [0, 0.1) is 6.92 Å². The number of amides is 1. The topological polar surface area (TPSA) is 68.1 Å². The number of hydrogen-bond acceptors (Lipinski definition) is 4. The summed E-state index contributed by atoms with van der Waals surface area (Å²) in [6.07, 6.45) is 7.07. The molecule has 0 aromatic carbocycles. The van der Waals surface area contributed by atoms with Gasteiger partial charge in [-0.2, -0.15) is 0 Å². The van der Waals surface area contributed by atoms with Gasteiger partial charge in [0.25, 0.3) is 5.91 Å². The Morgan fingerprint density at radius 2 is 2.13 bits per heavy atom. The van der Waals surface area contributed by atoms with E-state index in [1.54, 1.807) is 31.7 Å². The average molecular weight is 312 g/mol. The molecule has 1 atom stereocenters. The fourth-order valence-corrected chi connectivity index (χ4v) is 2.99. The van der Waals surface area contributed by atoms with Gasteiger partial charge in [0.1, 0.15) is 0 Å². The highest BCUT2D eigenvalue weighted by Gasteiger charge is 2.26. The number of hydrogen-bond donors (Lipinski definition) is 0. The Morgan fingerprint density at radius 3 is 2.87 bits per heavy atom. The molecule has 0 N–H and O–H groups in total. The molecule has 0 spiro atoms. The van der Waals surface area contributed by atoms with Crippen LogP contribution >= 0.6 is 0 Å². The van der Waals surface area contributed by atoms with E-state index in [0.29, 0.717) is 12.1 Å². The predicted molar refractivity (Wildman–Crippen MR) is 86.3 cm³/mol. The minimum Gasteiger partial charge on any atom is -0.338 e. The second-order valence-corrected chi connectivity index (χ2v) is 6.04. The van der Waals surface area contributed by atoms with Crippen molar-refractivity contribution in [2.45, 2.75) is 25.7 Å². The third-order valence-corrected chi connectivity index (χ3v) is 4.23. The maximum Gasteiger partial charge on any atom is 0.255 e. The highest BCUT2D eigenvalue weighted by molar-refractivity contribution is 5.94. The summed E-state index contributed by atoms with van der Waals surface area (Å²) in [6, 6.07) is 3.03. The van der Waals surface area contributed by atoms with Gasteiger partial charge in [-0.15, -0.1) is 0 Å². The molecule has 23 heavy (non-hydrogen) atoms. The first kappa shape index (κ1) is 15.4. The molecule has 1 fully saturated rings. The van der Waals surface area contributed by atoms with Gasteiger partial charge in [0.2, 0.25) is 5.56 Å². The fourth-order valence-electron chi connectivity index (χ4n) is 2.99. The minimum absolute atomic E-state index is 0.0362. The summed E-state index contributed by atoms with van der Waals surface area (Å²) in [7, 11) is 1.65. The second kappa shape index (κ2) is 6.32. The zero-order valence-electron chi connectivity index (χ0n) is 13.4. The van der Waals surface area contributed by atoms with Gasteiger partial charge in [0.15, 0.2) is 0 Å². The van der Waals surface area contributed by atoms with E-state index in [-0.39, 0.29) is 17.4 Å². The van der Waals surface area contributed by atoms with Crippen molar-refractivity contribution in [3.63, 3.8) is 0 Å². The number of nitrogens with zero attached hydrogens (tertiary/aromatic N) is 4. The molecule has 0 bridgehead atoms. The number of rotatable bonds is 2. The third kappa shape index (κ3) is 3.31. The number of aromatic nitrogens is 3. The predicted octanol–water partition coefficient (Wildman–Crippen LogP) is 1.50. The Balaban J connectivity index is 1.79. The van der Waals surface area contributed by atoms with Crippen molar-refractivity contribution in [1.29, 1.82) is 0 Å². The summed E-state index contributed by atoms with van der Waals surface area (Å²) in [5.41, 5.74) is 2.27. The van der Waals surface area contributed by atoms with Gasteiger partial charge in [-0.25, -0.2) is 0 Å². The van der Waals surface area contributed by atoms with Crippen LogP contribution in [0.25, 0.3) is 0 Å². The third-order valence-electron chi connectivity index (χ3n) is 4.23. The van der Waals surface area contributed by atoms with Crippen LogP contribution in [0.4, 0.5) is 0 Å². The fraction of sp³-hybridized carbons (Fsp3) is 0.412. The molecule has 6 nitrogen and oxygen atoms in total. The van der Waals surface area contributed by atoms with Crippen LogP contribution < -0.4 is 5.56 Å². The number of aryl methyl sites for hydroxylation is 2. The highest BCUT2D eigenvalue weighted by atomic mass is 16.2. The minimum atomic E-state index is -0.117. The number of pyridine rings is 1. The van der Waals surface area contributed by atoms with E-state index in [0.717, 1.165) is 30.8 Å². The molecule has 2 aromatic rings. The Morgan fingerprint density at radius 1 is 1.30 bits per heavy atom. The van der Waals surface area contributed by atoms with Gasteiger partial charge >= 0.3 is 0 Å². The molecule has 0 radical (unpaired) electrons. The maximum atomic E-state index is 12.7. The van der Waals surface area contributed by atoms with Crippen molar-refractivity contribution in [2.24, 2.45) is 7.05 Å². The molecular formula is C17H20N4O2. The van der Waals surface area contributed by atoms with Gasteiger partial charge in [0.05, 0.1) is 17.0 Å². The summed E-state index contributed by atoms with van der Waals surface area (Å²) < 4.78 is 1.43. The summed E-state index contributed by atoms with van der Waals surface area (Å²) in [5, 5.41) is 0. The largest absolute Gasteiger partial charge is 0.338 e. The number of carbonyl (C=O) groups excluding carboxylic acids is 1. The maximum absolute atomic E-state index is 12.7. The number of carbonyl (C=O) groups is 1. The Bertz CT molecular complexity index is 784. The molecule has 3 heterocycles. The number of piperidine rings is 1. The monoisotopic (exact) mass is 312 g/mol. The Hall–Kier alpha value is -2.50. The van der Waals surface area contributed by atoms with Crippen LogP contribution in [-0.2, 0) is 7.05 Å². The molecule has 1 unspecified atom stereocenters. The molecule has 0 aliphatic carbocycles. The quantitative estimate of drug-likeness (QED) is 0.843. The average Bonchev–Trinajstić information content (AvgIpc) is 2.57. The molecule has 2 aromatic heterocycles. The van der Waals surface area contributed by atoms with Gasteiger partial charge in [-0.3, -0.25) is 19.6 Å². The van der Waals surface area contributed by atoms with E-state index < -0.39 is 0 Å². The van der Waals surface area contributed by atoms with Crippen molar-refractivity contribution in [2.75, 3.05) is 13.1 Å². The first-order valence-electron chi connectivity index (χ1n) is 7.79. The summed E-state index contributed by atoms with van der Waals surface area (Å²) in [5.74, 6) is 0.179. The molecule has 1 saturated heterocycles. The van der Waals surface area contributed by atoms with Crippen LogP contribution in [0.5, 0.6) is 0 Å². The Kier molecular flexibility index (Phi) is 4.23. The standard InChI is InChI=1S/C17H20N4O2/c1-12-8-18-9-15(19-12)13-4-3-7-21(11-13)17(23)14-5-6-16(22)20(2)10-14/h5-6,8-10,13H,3-4,7,11H2,1-2H3. The van der Waals surface area contributed by atoms with Gasteiger partial charge in [-0.05, 0) is 25.8 Å². The van der Waals surface area contributed by atoms with Crippen molar-refractivity contribution in [3.05, 3.63) is 58.0 Å². The van der Waals surface area contributed by atoms with Crippen LogP contribution in [-0.4, -0.2) is 38.4 Å². The summed E-state index contributed by atoms with van der Waals surface area (Å²) in [6.45, 7) is 3.30. The van der Waals surface area contributed by atoms with Gasteiger partial charge in [0, 0.05) is 50.7 Å². The molecule has 3 rings (SSSR count). The lowest BCUT2D eigenvalue weighted by Gasteiger charge is -2.32. The molecule has 1 aliphatic heterocycles. The molecule has 6 heteroatoms. The zero-order chi connectivity index (χ0) is 16.4. The van der Waals surface area contributed by atoms with Gasteiger partial charge < -0.3 is 9.47 Å². The lowest BCUT2D eigenvalue weighted by atomic mass is 9.94.